The smallest absolute Gasteiger partial charge is 0.328 e. The Morgan fingerprint density at radius 3 is 1.97 bits per heavy atom. The Balaban J connectivity index is 2.94. The summed E-state index contributed by atoms with van der Waals surface area (Å²) >= 11 is 0. The van der Waals surface area contributed by atoms with Crippen LogP contribution in [0.15, 0.2) is 24.3 Å². The summed E-state index contributed by atoms with van der Waals surface area (Å²) in [7, 11) is 0. The number of hydrogen-bond donors (Lipinski definition) is 8. The molecule has 0 saturated heterocycles. The third-order valence-electron chi connectivity index (χ3n) is 5.60. The number of carbonyl (C=O) groups is 4. The molecule has 0 saturated carbocycles. The number of phenols is 1. The van der Waals surface area contributed by atoms with E-state index < -0.39 is 59.9 Å². The maximum atomic E-state index is 13.1. The van der Waals surface area contributed by atoms with Gasteiger partial charge >= 0.3 is 5.97 Å². The van der Waals surface area contributed by atoms with Crippen LogP contribution in [0.2, 0.25) is 0 Å². The minimum Gasteiger partial charge on any atom is -0.508 e. The fourth-order valence-corrected chi connectivity index (χ4v) is 3.44. The van der Waals surface area contributed by atoms with Gasteiger partial charge in [0.05, 0.1) is 12.1 Å². The molecule has 5 atom stereocenters. The highest BCUT2D eigenvalue weighted by molar-refractivity contribution is 5.94. The molecule has 0 aliphatic heterocycles. The van der Waals surface area contributed by atoms with Crippen LogP contribution in [0.25, 0.3) is 0 Å². The summed E-state index contributed by atoms with van der Waals surface area (Å²) in [4.78, 5) is 49.9. The zero-order valence-electron chi connectivity index (χ0n) is 20.9. The highest BCUT2D eigenvalue weighted by atomic mass is 16.4. The molecule has 0 aliphatic rings. The molecule has 36 heavy (non-hydrogen) atoms. The molecule has 12 heteroatoms. The number of aliphatic carboxylic acids is 1. The fourth-order valence-electron chi connectivity index (χ4n) is 3.44. The molecule has 0 heterocycles. The van der Waals surface area contributed by atoms with E-state index in [1.807, 2.05) is 0 Å². The molecule has 12 nitrogen and oxygen atoms in total. The van der Waals surface area contributed by atoms with Crippen molar-refractivity contribution in [3.8, 4) is 5.75 Å². The molecule has 1 aromatic carbocycles. The number of unbranched alkanes of at least 4 members (excludes halogenated alkanes) is 1. The number of nitrogens with one attached hydrogen (secondary N) is 3. The van der Waals surface area contributed by atoms with Crippen molar-refractivity contribution in [1.29, 1.82) is 0 Å². The van der Waals surface area contributed by atoms with Crippen LogP contribution >= 0.6 is 0 Å². The number of amides is 3. The van der Waals surface area contributed by atoms with Crippen LogP contribution < -0.4 is 27.4 Å². The Morgan fingerprint density at radius 2 is 1.47 bits per heavy atom. The van der Waals surface area contributed by atoms with Crippen LogP contribution in [-0.4, -0.2) is 75.8 Å². The number of rotatable bonds is 15. The number of carboxylic acid groups (broad SMARTS) is 1. The molecule has 1 aromatic rings. The van der Waals surface area contributed by atoms with E-state index in [4.69, 9.17) is 11.5 Å². The van der Waals surface area contributed by atoms with Gasteiger partial charge in [-0.05, 0) is 62.8 Å². The predicted octanol–water partition coefficient (Wildman–Crippen LogP) is -1.03. The molecular weight excluding hydrogens is 470 g/mol. The van der Waals surface area contributed by atoms with Crippen molar-refractivity contribution in [3.63, 3.8) is 0 Å². The van der Waals surface area contributed by atoms with Crippen molar-refractivity contribution in [2.24, 2.45) is 17.4 Å². The van der Waals surface area contributed by atoms with Crippen molar-refractivity contribution in [3.05, 3.63) is 29.8 Å². The first-order chi connectivity index (χ1) is 16.9. The van der Waals surface area contributed by atoms with Crippen LogP contribution in [0.4, 0.5) is 0 Å². The Labute approximate surface area is 210 Å². The van der Waals surface area contributed by atoms with Crippen molar-refractivity contribution < 1.29 is 34.5 Å². The maximum Gasteiger partial charge on any atom is 0.328 e. The van der Waals surface area contributed by atoms with E-state index in [0.717, 1.165) is 5.56 Å². The van der Waals surface area contributed by atoms with Gasteiger partial charge in [0.1, 0.15) is 17.8 Å². The Bertz CT molecular complexity index is 876. The van der Waals surface area contributed by atoms with Gasteiger partial charge < -0.3 is 42.7 Å². The second-order valence-electron chi connectivity index (χ2n) is 9.12. The summed E-state index contributed by atoms with van der Waals surface area (Å²) in [5.74, 6) is -3.73. The van der Waals surface area contributed by atoms with Gasteiger partial charge in [-0.3, -0.25) is 14.4 Å². The lowest BCUT2D eigenvalue weighted by Crippen LogP contribution is -2.59. The third kappa shape index (κ3) is 10.2. The topological polar surface area (TPSA) is 217 Å². The number of aromatic hydroxyl groups is 1. The van der Waals surface area contributed by atoms with Crippen molar-refractivity contribution in [2.75, 3.05) is 6.54 Å². The van der Waals surface area contributed by atoms with E-state index in [0.29, 0.717) is 19.4 Å². The number of aliphatic hydroxyl groups excluding tert-OH is 1. The lowest BCUT2D eigenvalue weighted by Gasteiger charge is -2.27. The second kappa shape index (κ2) is 15.0. The summed E-state index contributed by atoms with van der Waals surface area (Å²) in [5, 5.41) is 35.7. The quantitative estimate of drug-likeness (QED) is 0.135. The lowest BCUT2D eigenvalue weighted by molar-refractivity contribution is -0.145. The molecule has 3 amide bonds. The average molecular weight is 510 g/mol. The molecule has 1 rings (SSSR count). The maximum absolute atomic E-state index is 13.1. The minimum absolute atomic E-state index is 0.0836. The number of phenolic OH excluding ortho intramolecular Hbond substituents is 1. The number of benzene rings is 1. The van der Waals surface area contributed by atoms with Gasteiger partial charge in [-0.2, -0.15) is 0 Å². The second-order valence-corrected chi connectivity index (χ2v) is 9.12. The third-order valence-corrected chi connectivity index (χ3v) is 5.60. The number of nitrogens with two attached hydrogens (primary N) is 2. The highest BCUT2D eigenvalue weighted by Crippen LogP contribution is 2.12. The molecule has 0 radical (unpaired) electrons. The lowest BCUT2D eigenvalue weighted by atomic mass is 10.0. The van der Waals surface area contributed by atoms with E-state index in [1.54, 1.807) is 26.0 Å². The number of aliphatic hydroxyl groups is 1. The van der Waals surface area contributed by atoms with Crippen molar-refractivity contribution >= 4 is 23.7 Å². The molecule has 202 valence electrons. The zero-order chi connectivity index (χ0) is 27.4. The molecule has 0 bridgehead atoms. The first-order valence-corrected chi connectivity index (χ1v) is 11.9. The van der Waals surface area contributed by atoms with Gasteiger partial charge in [0, 0.05) is 0 Å². The number of carboxylic acids is 1. The predicted molar refractivity (Wildman–Crippen MR) is 133 cm³/mol. The van der Waals surface area contributed by atoms with Crippen LogP contribution in [0, 0.1) is 5.92 Å². The van der Waals surface area contributed by atoms with E-state index in [2.05, 4.69) is 16.0 Å². The largest absolute Gasteiger partial charge is 0.508 e. The van der Waals surface area contributed by atoms with Gasteiger partial charge in [0.25, 0.3) is 0 Å². The van der Waals surface area contributed by atoms with E-state index in [9.17, 15) is 34.5 Å². The van der Waals surface area contributed by atoms with E-state index in [1.165, 1.54) is 19.1 Å². The van der Waals surface area contributed by atoms with Crippen LogP contribution in [0.1, 0.15) is 45.6 Å². The zero-order valence-corrected chi connectivity index (χ0v) is 20.9. The van der Waals surface area contributed by atoms with E-state index >= 15 is 0 Å². The average Bonchev–Trinajstić information content (AvgIpc) is 2.80. The van der Waals surface area contributed by atoms with Crippen molar-refractivity contribution in [1.82, 2.24) is 16.0 Å². The molecule has 10 N–H and O–H groups in total. The Hall–Kier alpha value is -3.22. The molecule has 0 fully saturated rings. The summed E-state index contributed by atoms with van der Waals surface area (Å²) in [6.07, 6.45) is 0.217. The first-order valence-electron chi connectivity index (χ1n) is 11.9. The number of hydrogen-bond acceptors (Lipinski definition) is 8. The standard InChI is InChI=1S/C24H39N5O7/c1-13(2)19(23(34)29-20(14(3)30)24(35)36)28-22(33)18(6-4-5-11-25)27-21(32)17(26)12-15-7-9-16(31)10-8-15/h7-10,13-14,17-20,30-31H,4-6,11-12,25-26H2,1-3H3,(H,27,32)(H,28,33)(H,29,34)(H,35,36). The summed E-state index contributed by atoms with van der Waals surface area (Å²) in [6.45, 7) is 4.96. The molecule has 0 aliphatic carbocycles. The van der Waals surface area contributed by atoms with E-state index in [-0.39, 0.29) is 18.6 Å². The summed E-state index contributed by atoms with van der Waals surface area (Å²) in [6, 6.07) is 1.60. The number of carbonyl (C=O) groups excluding carboxylic acids is 3. The van der Waals surface area contributed by atoms with Crippen LogP contribution in [0.3, 0.4) is 0 Å². The Kier molecular flexibility index (Phi) is 12.9. The molecule has 0 aromatic heterocycles. The van der Waals surface area contributed by atoms with Crippen LogP contribution in [-0.2, 0) is 25.6 Å². The summed E-state index contributed by atoms with van der Waals surface area (Å²) < 4.78 is 0. The van der Waals surface area contributed by atoms with Gasteiger partial charge in [0.2, 0.25) is 17.7 Å². The molecular formula is C24H39N5O7. The Morgan fingerprint density at radius 1 is 0.889 bits per heavy atom. The molecule has 0 spiro atoms. The first kappa shape index (κ1) is 30.8. The van der Waals surface area contributed by atoms with Gasteiger partial charge in [-0.1, -0.05) is 26.0 Å². The van der Waals surface area contributed by atoms with Gasteiger partial charge in [-0.15, -0.1) is 0 Å². The SMILES string of the molecule is CC(C)C(NC(=O)C(CCCCN)NC(=O)C(N)Cc1ccc(O)cc1)C(=O)NC(C(=O)O)C(C)O. The van der Waals surface area contributed by atoms with Crippen molar-refractivity contribution in [2.45, 2.75) is 76.7 Å². The fraction of sp³-hybridized carbons (Fsp3) is 0.583. The monoisotopic (exact) mass is 509 g/mol. The minimum atomic E-state index is -1.55. The highest BCUT2D eigenvalue weighted by Gasteiger charge is 2.33. The van der Waals surface area contributed by atoms with Gasteiger partial charge in [0.15, 0.2) is 6.04 Å². The summed E-state index contributed by atoms with van der Waals surface area (Å²) in [5.41, 5.74) is 12.3. The van der Waals surface area contributed by atoms with Gasteiger partial charge in [-0.25, -0.2) is 4.79 Å². The molecule has 5 unspecified atom stereocenters. The normalized spacial score (nSPS) is 15.3. The van der Waals surface area contributed by atoms with Crippen LogP contribution in [0.5, 0.6) is 5.75 Å².